The van der Waals surface area contributed by atoms with E-state index in [0.717, 1.165) is 23.1 Å². The molecule has 2 rings (SSSR count). The topological polar surface area (TPSA) is 46.8 Å². The van der Waals surface area contributed by atoms with Crippen LogP contribution in [-0.4, -0.2) is 51.5 Å². The van der Waals surface area contributed by atoms with Crippen molar-refractivity contribution in [1.82, 2.24) is 25.1 Å². The van der Waals surface area contributed by atoms with Gasteiger partial charge in [-0.15, -0.1) is 5.10 Å². The Morgan fingerprint density at radius 2 is 2.00 bits per heavy atom. The Balaban J connectivity index is 2.07. The summed E-state index contributed by atoms with van der Waals surface area (Å²) in [6.45, 7) is 1.01. The second-order valence-corrected chi connectivity index (χ2v) is 4.92. The molecule has 0 N–H and O–H groups in total. The Hall–Kier alpha value is -1.40. The summed E-state index contributed by atoms with van der Waals surface area (Å²) in [6, 6.07) is 9.92. The highest BCUT2D eigenvalue weighted by Crippen LogP contribution is 2.17. The molecule has 6 heteroatoms. The summed E-state index contributed by atoms with van der Waals surface area (Å²) in [7, 11) is 4.11. The minimum absolute atomic E-state index is 0.832. The van der Waals surface area contributed by atoms with Crippen molar-refractivity contribution in [3.8, 4) is 5.69 Å². The maximum absolute atomic E-state index is 4.04. The van der Waals surface area contributed by atoms with Crippen LogP contribution in [0, 0.1) is 0 Å². The largest absolute Gasteiger partial charge is 0.309 e. The first-order valence-electron chi connectivity index (χ1n) is 5.38. The van der Waals surface area contributed by atoms with Crippen LogP contribution in [0.4, 0.5) is 0 Å². The molecule has 0 unspecified atom stereocenters. The number of nitrogens with zero attached hydrogens (tertiary/aromatic N) is 5. The second kappa shape index (κ2) is 5.79. The van der Waals surface area contributed by atoms with Crippen molar-refractivity contribution in [2.75, 3.05) is 26.4 Å². The predicted molar refractivity (Wildman–Crippen MR) is 68.4 cm³/mol. The van der Waals surface area contributed by atoms with Gasteiger partial charge in [-0.1, -0.05) is 30.0 Å². The molecule has 0 saturated heterocycles. The highest BCUT2D eigenvalue weighted by atomic mass is 32.2. The Bertz CT molecular complexity index is 454. The lowest BCUT2D eigenvalue weighted by molar-refractivity contribution is 0.437. The van der Waals surface area contributed by atoms with Gasteiger partial charge in [-0.2, -0.15) is 4.68 Å². The molecule has 90 valence electrons. The molecule has 0 aliphatic rings. The molecule has 1 aromatic carbocycles. The number of para-hydroxylation sites is 1. The van der Waals surface area contributed by atoms with Gasteiger partial charge < -0.3 is 4.90 Å². The number of tetrazole rings is 1. The third-order valence-corrected chi connectivity index (χ3v) is 3.11. The van der Waals surface area contributed by atoms with Crippen molar-refractivity contribution >= 4 is 11.8 Å². The number of aromatic nitrogens is 4. The fourth-order valence-corrected chi connectivity index (χ4v) is 2.32. The lowest BCUT2D eigenvalue weighted by Gasteiger charge is -2.08. The van der Waals surface area contributed by atoms with Gasteiger partial charge in [0, 0.05) is 12.3 Å². The predicted octanol–water partition coefficient (Wildman–Crippen LogP) is 1.32. The summed E-state index contributed by atoms with van der Waals surface area (Å²) < 4.78 is 1.76. The normalized spacial score (nSPS) is 11.0. The standard InChI is InChI=1S/C11H15N5S/c1-15(2)8-9-17-11-12-13-14-16(11)10-6-4-3-5-7-10/h3-7H,8-9H2,1-2H3. The van der Waals surface area contributed by atoms with E-state index in [1.807, 2.05) is 30.3 Å². The molecule has 0 atom stereocenters. The molecule has 0 fully saturated rings. The van der Waals surface area contributed by atoms with Crippen LogP contribution in [0.25, 0.3) is 5.69 Å². The molecule has 17 heavy (non-hydrogen) atoms. The van der Waals surface area contributed by atoms with E-state index in [4.69, 9.17) is 0 Å². The first-order valence-corrected chi connectivity index (χ1v) is 6.37. The summed E-state index contributed by atoms with van der Waals surface area (Å²) in [4.78, 5) is 2.14. The van der Waals surface area contributed by atoms with E-state index < -0.39 is 0 Å². The molecule has 5 nitrogen and oxygen atoms in total. The van der Waals surface area contributed by atoms with Crippen LogP contribution >= 0.6 is 11.8 Å². The molecule has 0 aliphatic carbocycles. The van der Waals surface area contributed by atoms with Gasteiger partial charge in [0.25, 0.3) is 0 Å². The average Bonchev–Trinajstić information content (AvgIpc) is 2.78. The van der Waals surface area contributed by atoms with E-state index in [9.17, 15) is 0 Å². The summed E-state index contributed by atoms with van der Waals surface area (Å²) >= 11 is 1.66. The summed E-state index contributed by atoms with van der Waals surface area (Å²) in [5.41, 5.74) is 0.991. The number of thioether (sulfide) groups is 1. The molecule has 0 bridgehead atoms. The molecule has 0 spiro atoms. The fraction of sp³-hybridized carbons (Fsp3) is 0.364. The maximum atomic E-state index is 4.04. The summed E-state index contributed by atoms with van der Waals surface area (Å²) in [5, 5.41) is 12.6. The number of hydrogen-bond acceptors (Lipinski definition) is 5. The van der Waals surface area contributed by atoms with Crippen molar-refractivity contribution in [2.24, 2.45) is 0 Å². The maximum Gasteiger partial charge on any atom is 0.214 e. The van der Waals surface area contributed by atoms with Crippen LogP contribution in [0.2, 0.25) is 0 Å². The van der Waals surface area contributed by atoms with Crippen LogP contribution in [0.1, 0.15) is 0 Å². The Labute approximate surface area is 105 Å². The van der Waals surface area contributed by atoms with Crippen LogP contribution in [0.5, 0.6) is 0 Å². The summed E-state index contributed by atoms with van der Waals surface area (Å²) in [6.07, 6.45) is 0. The molecule has 0 radical (unpaired) electrons. The number of hydrogen-bond donors (Lipinski definition) is 0. The minimum atomic E-state index is 0.832. The van der Waals surface area contributed by atoms with E-state index in [0.29, 0.717) is 0 Å². The monoisotopic (exact) mass is 249 g/mol. The quantitative estimate of drug-likeness (QED) is 0.748. The number of benzene rings is 1. The molecule has 0 amide bonds. The zero-order chi connectivity index (χ0) is 12.1. The van der Waals surface area contributed by atoms with Gasteiger partial charge in [0.1, 0.15) is 0 Å². The van der Waals surface area contributed by atoms with Gasteiger partial charge in [0.05, 0.1) is 5.69 Å². The first-order chi connectivity index (χ1) is 8.27. The third kappa shape index (κ3) is 3.28. The van der Waals surface area contributed by atoms with Gasteiger partial charge >= 0.3 is 0 Å². The van der Waals surface area contributed by atoms with E-state index in [2.05, 4.69) is 34.5 Å². The van der Waals surface area contributed by atoms with Crippen molar-refractivity contribution in [2.45, 2.75) is 5.16 Å². The second-order valence-electron chi connectivity index (χ2n) is 3.86. The SMILES string of the molecule is CN(C)CCSc1nnnn1-c1ccccc1. The van der Waals surface area contributed by atoms with E-state index >= 15 is 0 Å². The molecule has 1 aromatic heterocycles. The van der Waals surface area contributed by atoms with Crippen molar-refractivity contribution in [1.29, 1.82) is 0 Å². The van der Waals surface area contributed by atoms with Crippen LogP contribution in [-0.2, 0) is 0 Å². The third-order valence-electron chi connectivity index (χ3n) is 2.21. The Morgan fingerprint density at radius 3 is 2.71 bits per heavy atom. The molecule has 0 aliphatic heterocycles. The molecule has 0 saturated carbocycles. The lowest BCUT2D eigenvalue weighted by atomic mass is 10.3. The van der Waals surface area contributed by atoms with Crippen LogP contribution in [0.15, 0.2) is 35.5 Å². The van der Waals surface area contributed by atoms with E-state index in [1.165, 1.54) is 0 Å². The smallest absolute Gasteiger partial charge is 0.214 e. The zero-order valence-corrected chi connectivity index (χ0v) is 10.8. The fourth-order valence-electron chi connectivity index (χ4n) is 1.32. The van der Waals surface area contributed by atoms with E-state index in [-0.39, 0.29) is 0 Å². The Kier molecular flexibility index (Phi) is 4.11. The van der Waals surface area contributed by atoms with Gasteiger partial charge in [-0.3, -0.25) is 0 Å². The van der Waals surface area contributed by atoms with Gasteiger partial charge in [0.15, 0.2) is 0 Å². The van der Waals surface area contributed by atoms with Gasteiger partial charge in [0.2, 0.25) is 5.16 Å². The van der Waals surface area contributed by atoms with Gasteiger partial charge in [-0.25, -0.2) is 0 Å². The van der Waals surface area contributed by atoms with Crippen LogP contribution in [0.3, 0.4) is 0 Å². The van der Waals surface area contributed by atoms with Crippen molar-refractivity contribution < 1.29 is 0 Å². The van der Waals surface area contributed by atoms with E-state index in [1.54, 1.807) is 16.4 Å². The minimum Gasteiger partial charge on any atom is -0.309 e. The lowest BCUT2D eigenvalue weighted by Crippen LogP contribution is -2.15. The molecular weight excluding hydrogens is 234 g/mol. The van der Waals surface area contributed by atoms with Crippen LogP contribution < -0.4 is 0 Å². The highest BCUT2D eigenvalue weighted by Gasteiger charge is 2.08. The molecule has 2 aromatic rings. The van der Waals surface area contributed by atoms with Crippen molar-refractivity contribution in [3.63, 3.8) is 0 Å². The number of rotatable bonds is 5. The summed E-state index contributed by atoms with van der Waals surface area (Å²) in [5.74, 6) is 0.972. The molecule has 1 heterocycles. The average molecular weight is 249 g/mol. The van der Waals surface area contributed by atoms with Gasteiger partial charge in [-0.05, 0) is 36.7 Å². The van der Waals surface area contributed by atoms with Crippen molar-refractivity contribution in [3.05, 3.63) is 30.3 Å². The zero-order valence-electron chi connectivity index (χ0n) is 9.95. The highest BCUT2D eigenvalue weighted by molar-refractivity contribution is 7.99. The molecular formula is C11H15N5S. The Morgan fingerprint density at radius 1 is 1.24 bits per heavy atom. The first kappa shape index (κ1) is 12.1.